The highest BCUT2D eigenvalue weighted by atomic mass is 16.2. The molecule has 1 aromatic rings. The molecule has 3 heterocycles. The van der Waals surface area contributed by atoms with Gasteiger partial charge in [-0.3, -0.25) is 4.79 Å². The Kier molecular flexibility index (Phi) is 6.01. The van der Waals surface area contributed by atoms with Gasteiger partial charge in [-0.05, 0) is 62.7 Å². The molecule has 0 aliphatic carbocycles. The molecule has 0 spiro atoms. The van der Waals surface area contributed by atoms with Gasteiger partial charge in [0.25, 0.3) is 0 Å². The normalized spacial score (nSPS) is 21.5. The number of hydrogen-bond donors (Lipinski definition) is 2. The number of nitrogens with zero attached hydrogens (tertiary/aromatic N) is 3. The lowest BCUT2D eigenvalue weighted by Gasteiger charge is -2.34. The van der Waals surface area contributed by atoms with E-state index in [1.807, 2.05) is 17.0 Å². The van der Waals surface area contributed by atoms with Crippen molar-refractivity contribution >= 4 is 11.7 Å². The summed E-state index contributed by atoms with van der Waals surface area (Å²) in [6, 6.07) is 4.20. The summed E-state index contributed by atoms with van der Waals surface area (Å²) in [6.07, 6.45) is 6.74. The molecule has 132 valence electrons. The van der Waals surface area contributed by atoms with Gasteiger partial charge < -0.3 is 15.5 Å². The van der Waals surface area contributed by atoms with Crippen LogP contribution < -0.4 is 10.6 Å². The van der Waals surface area contributed by atoms with E-state index < -0.39 is 0 Å². The van der Waals surface area contributed by atoms with E-state index in [4.69, 9.17) is 0 Å². The van der Waals surface area contributed by atoms with Crippen LogP contribution in [0.4, 0.5) is 5.82 Å². The van der Waals surface area contributed by atoms with Crippen molar-refractivity contribution in [3.8, 4) is 0 Å². The highest BCUT2D eigenvalue weighted by Crippen LogP contribution is 2.25. The summed E-state index contributed by atoms with van der Waals surface area (Å²) in [4.78, 5) is 14.6. The van der Waals surface area contributed by atoms with Crippen molar-refractivity contribution < 1.29 is 4.79 Å². The smallest absolute Gasteiger partial charge is 0.222 e. The minimum Gasteiger partial charge on any atom is -0.366 e. The Hall–Kier alpha value is -1.69. The van der Waals surface area contributed by atoms with Crippen LogP contribution >= 0.6 is 0 Å². The molecule has 0 bridgehead atoms. The van der Waals surface area contributed by atoms with Gasteiger partial charge in [-0.2, -0.15) is 5.10 Å². The predicted molar refractivity (Wildman–Crippen MR) is 94.6 cm³/mol. The molecule has 1 atom stereocenters. The van der Waals surface area contributed by atoms with Gasteiger partial charge in [-0.15, -0.1) is 5.10 Å². The van der Waals surface area contributed by atoms with Crippen molar-refractivity contribution in [3.63, 3.8) is 0 Å². The molecule has 3 rings (SSSR count). The van der Waals surface area contributed by atoms with Crippen LogP contribution in [0.3, 0.4) is 0 Å². The number of nitrogens with one attached hydrogen (secondary N) is 2. The Morgan fingerprint density at radius 3 is 2.75 bits per heavy atom. The topological polar surface area (TPSA) is 70.2 Å². The monoisotopic (exact) mass is 331 g/mol. The van der Waals surface area contributed by atoms with E-state index in [-0.39, 0.29) is 0 Å². The summed E-state index contributed by atoms with van der Waals surface area (Å²) in [7, 11) is 0. The highest BCUT2D eigenvalue weighted by Gasteiger charge is 2.27. The first-order chi connectivity index (χ1) is 11.7. The van der Waals surface area contributed by atoms with Crippen molar-refractivity contribution in [1.82, 2.24) is 20.4 Å². The highest BCUT2D eigenvalue weighted by molar-refractivity contribution is 5.76. The van der Waals surface area contributed by atoms with Crippen LogP contribution in [0.25, 0.3) is 0 Å². The molecular formula is C18H29N5O. The molecule has 1 amide bonds. The second kappa shape index (κ2) is 8.42. The summed E-state index contributed by atoms with van der Waals surface area (Å²) in [6.45, 7) is 6.13. The predicted octanol–water partition coefficient (Wildman–Crippen LogP) is 1.91. The Labute approximate surface area is 144 Å². The number of piperidine rings is 2. The third kappa shape index (κ3) is 4.66. The van der Waals surface area contributed by atoms with Gasteiger partial charge in [0.05, 0.1) is 0 Å². The van der Waals surface area contributed by atoms with Crippen molar-refractivity contribution in [3.05, 3.63) is 18.3 Å². The molecule has 2 aliphatic heterocycles. The van der Waals surface area contributed by atoms with Gasteiger partial charge in [0.15, 0.2) is 0 Å². The number of anilines is 1. The Morgan fingerprint density at radius 2 is 2.08 bits per heavy atom. The minimum atomic E-state index is 0.332. The summed E-state index contributed by atoms with van der Waals surface area (Å²) in [5.41, 5.74) is 0. The number of hydrogen-bond acceptors (Lipinski definition) is 5. The fourth-order valence-electron chi connectivity index (χ4n) is 3.85. The molecule has 2 saturated heterocycles. The van der Waals surface area contributed by atoms with Gasteiger partial charge in [0.1, 0.15) is 5.82 Å². The van der Waals surface area contributed by atoms with E-state index >= 15 is 0 Å². The average Bonchev–Trinajstić information content (AvgIpc) is 2.64. The van der Waals surface area contributed by atoms with Crippen LogP contribution in [0.15, 0.2) is 18.3 Å². The summed E-state index contributed by atoms with van der Waals surface area (Å²) >= 11 is 0. The average molecular weight is 331 g/mol. The molecule has 6 heteroatoms. The number of rotatable bonds is 5. The first kappa shape index (κ1) is 17.1. The first-order valence-corrected chi connectivity index (χ1v) is 9.25. The van der Waals surface area contributed by atoms with Gasteiger partial charge in [-0.25, -0.2) is 0 Å². The second-order valence-corrected chi connectivity index (χ2v) is 7.18. The fraction of sp³-hybridized carbons (Fsp3) is 0.722. The lowest BCUT2D eigenvalue weighted by atomic mass is 9.84. The van der Waals surface area contributed by atoms with Crippen molar-refractivity contribution in [2.24, 2.45) is 11.8 Å². The van der Waals surface area contributed by atoms with Gasteiger partial charge in [0, 0.05) is 31.7 Å². The Bertz CT molecular complexity index is 509. The van der Waals surface area contributed by atoms with E-state index in [1.165, 1.54) is 12.8 Å². The van der Waals surface area contributed by atoms with Crippen molar-refractivity contribution in [1.29, 1.82) is 0 Å². The molecular weight excluding hydrogens is 302 g/mol. The van der Waals surface area contributed by atoms with Crippen LogP contribution in [0, 0.1) is 11.8 Å². The molecule has 0 aromatic carbocycles. The SMILES string of the molecule is CC(CC(=O)N1CCC(Nc2cccnn2)CC1)C1CCNCC1. The molecule has 2 fully saturated rings. The zero-order valence-electron chi connectivity index (χ0n) is 14.6. The molecule has 6 nitrogen and oxygen atoms in total. The van der Waals surface area contributed by atoms with E-state index in [0.29, 0.717) is 30.2 Å². The van der Waals surface area contributed by atoms with Gasteiger partial charge >= 0.3 is 0 Å². The third-order valence-corrected chi connectivity index (χ3v) is 5.46. The summed E-state index contributed by atoms with van der Waals surface area (Å²) < 4.78 is 0. The third-order valence-electron chi connectivity index (χ3n) is 5.46. The number of carbonyl (C=O) groups is 1. The molecule has 24 heavy (non-hydrogen) atoms. The lowest BCUT2D eigenvalue weighted by molar-refractivity contribution is -0.133. The van der Waals surface area contributed by atoms with Crippen LogP contribution in [0.2, 0.25) is 0 Å². The van der Waals surface area contributed by atoms with E-state index in [0.717, 1.165) is 44.8 Å². The van der Waals surface area contributed by atoms with Crippen molar-refractivity contribution in [2.75, 3.05) is 31.5 Å². The lowest BCUT2D eigenvalue weighted by Crippen LogP contribution is -2.43. The second-order valence-electron chi connectivity index (χ2n) is 7.18. The number of carbonyl (C=O) groups excluding carboxylic acids is 1. The standard InChI is InChI=1S/C18H29N5O/c1-14(15-4-9-19-10-5-15)13-18(24)23-11-6-16(7-12-23)21-17-3-2-8-20-22-17/h2-3,8,14-16,19H,4-7,9-13H2,1H3,(H,21,22). The van der Waals surface area contributed by atoms with Crippen molar-refractivity contribution in [2.45, 2.75) is 45.1 Å². The van der Waals surface area contributed by atoms with Crippen LogP contribution in [-0.2, 0) is 4.79 Å². The number of amides is 1. The maximum atomic E-state index is 12.6. The minimum absolute atomic E-state index is 0.332. The van der Waals surface area contributed by atoms with Crippen LogP contribution in [0.5, 0.6) is 0 Å². The van der Waals surface area contributed by atoms with E-state index in [2.05, 4.69) is 27.8 Å². The zero-order chi connectivity index (χ0) is 16.8. The van der Waals surface area contributed by atoms with Gasteiger partial charge in [-0.1, -0.05) is 6.92 Å². The summed E-state index contributed by atoms with van der Waals surface area (Å²) in [5.74, 6) is 2.35. The van der Waals surface area contributed by atoms with Crippen LogP contribution in [0.1, 0.15) is 39.0 Å². The Morgan fingerprint density at radius 1 is 1.33 bits per heavy atom. The van der Waals surface area contributed by atoms with Crippen LogP contribution in [-0.4, -0.2) is 53.2 Å². The molecule has 2 N–H and O–H groups in total. The maximum Gasteiger partial charge on any atom is 0.222 e. The molecule has 1 aromatic heterocycles. The first-order valence-electron chi connectivity index (χ1n) is 9.25. The Balaban J connectivity index is 1.41. The molecule has 2 aliphatic rings. The molecule has 1 unspecified atom stereocenters. The fourth-order valence-corrected chi connectivity index (χ4v) is 3.85. The largest absolute Gasteiger partial charge is 0.366 e. The number of aromatic nitrogens is 2. The summed E-state index contributed by atoms with van der Waals surface area (Å²) in [5, 5.41) is 14.8. The van der Waals surface area contributed by atoms with E-state index in [1.54, 1.807) is 6.20 Å². The number of likely N-dealkylation sites (tertiary alicyclic amines) is 1. The van der Waals surface area contributed by atoms with E-state index in [9.17, 15) is 4.79 Å². The molecule has 0 radical (unpaired) electrons. The maximum absolute atomic E-state index is 12.6. The zero-order valence-corrected chi connectivity index (χ0v) is 14.6. The molecule has 0 saturated carbocycles. The quantitative estimate of drug-likeness (QED) is 0.862. The van der Waals surface area contributed by atoms with Gasteiger partial charge in [0.2, 0.25) is 5.91 Å².